The summed E-state index contributed by atoms with van der Waals surface area (Å²) in [5, 5.41) is 0. The molecule has 0 heterocycles. The van der Waals surface area contributed by atoms with Crippen molar-refractivity contribution in [2.45, 2.75) is 45.1 Å². The molecule has 0 N–H and O–H groups in total. The highest BCUT2D eigenvalue weighted by atomic mass is 16.5. The molecule has 1 aliphatic carbocycles. The molecule has 0 aromatic heterocycles. The van der Waals surface area contributed by atoms with Crippen molar-refractivity contribution in [1.29, 1.82) is 0 Å². The van der Waals surface area contributed by atoms with Crippen molar-refractivity contribution in [2.24, 2.45) is 0 Å². The fraction of sp³-hybridized carbons (Fsp3) is 0.800. The average Bonchev–Trinajstić information content (AvgIpc) is 2.39. The van der Waals surface area contributed by atoms with Crippen LogP contribution in [0.1, 0.15) is 39.0 Å². The molecule has 1 rings (SSSR count). The Bertz CT molecular complexity index is 123. The molecule has 11 heavy (non-hydrogen) atoms. The van der Waals surface area contributed by atoms with E-state index in [1.807, 2.05) is 0 Å². The first-order chi connectivity index (χ1) is 5.29. The smallest absolute Gasteiger partial charge is 0.0575 e. The Hall–Kier alpha value is -0.300. The molecule has 0 atom stereocenters. The summed E-state index contributed by atoms with van der Waals surface area (Å²) in [5.74, 6) is 0. The molecule has 1 saturated carbocycles. The molecule has 0 aromatic carbocycles. The van der Waals surface area contributed by atoms with Crippen LogP contribution < -0.4 is 0 Å². The molecule has 0 spiro atoms. The van der Waals surface area contributed by atoms with Crippen molar-refractivity contribution in [2.75, 3.05) is 6.61 Å². The quantitative estimate of drug-likeness (QED) is 0.566. The summed E-state index contributed by atoms with van der Waals surface area (Å²) < 4.78 is 5.65. The van der Waals surface area contributed by atoms with Gasteiger partial charge in [0.05, 0.1) is 12.7 Å². The lowest BCUT2D eigenvalue weighted by atomic mass is 10.2. The summed E-state index contributed by atoms with van der Waals surface area (Å²) in [5.41, 5.74) is 1.22. The number of hydrogen-bond acceptors (Lipinski definition) is 1. The lowest BCUT2D eigenvalue weighted by molar-refractivity contribution is 0.0607. The van der Waals surface area contributed by atoms with Gasteiger partial charge in [-0.3, -0.25) is 0 Å². The fourth-order valence-electron chi connectivity index (χ4n) is 1.45. The Balaban J connectivity index is 1.98. The van der Waals surface area contributed by atoms with Crippen LogP contribution >= 0.6 is 0 Å². The summed E-state index contributed by atoms with van der Waals surface area (Å²) in [7, 11) is 0. The maximum absolute atomic E-state index is 5.65. The van der Waals surface area contributed by atoms with Crippen molar-refractivity contribution in [3.63, 3.8) is 0 Å². The van der Waals surface area contributed by atoms with Gasteiger partial charge >= 0.3 is 0 Å². The Morgan fingerprint density at radius 2 is 2.09 bits per heavy atom. The monoisotopic (exact) mass is 154 g/mol. The minimum Gasteiger partial charge on any atom is -0.378 e. The summed E-state index contributed by atoms with van der Waals surface area (Å²) in [6.45, 7) is 6.77. The van der Waals surface area contributed by atoms with E-state index in [2.05, 4.69) is 13.5 Å². The first-order valence-corrected chi connectivity index (χ1v) is 4.55. The van der Waals surface area contributed by atoms with Crippen LogP contribution in [0.15, 0.2) is 12.2 Å². The van der Waals surface area contributed by atoms with E-state index in [9.17, 15) is 0 Å². The second-order valence-electron chi connectivity index (χ2n) is 3.48. The zero-order valence-electron chi connectivity index (χ0n) is 7.44. The maximum Gasteiger partial charge on any atom is 0.0575 e. The van der Waals surface area contributed by atoms with E-state index in [0.29, 0.717) is 6.10 Å². The normalized spacial score (nSPS) is 19.0. The highest BCUT2D eigenvalue weighted by Gasteiger charge is 2.14. The van der Waals surface area contributed by atoms with Crippen LogP contribution in [0.4, 0.5) is 0 Å². The lowest BCUT2D eigenvalue weighted by Crippen LogP contribution is -2.08. The third-order valence-corrected chi connectivity index (χ3v) is 2.18. The molecule has 0 aromatic rings. The molecule has 0 amide bonds. The number of ether oxygens (including phenoxy) is 1. The van der Waals surface area contributed by atoms with E-state index in [0.717, 1.165) is 13.0 Å². The van der Waals surface area contributed by atoms with Gasteiger partial charge in [-0.2, -0.15) is 0 Å². The SMILES string of the molecule is C=C(C)CCOC1CCCC1. The van der Waals surface area contributed by atoms with Crippen LogP contribution in [0.3, 0.4) is 0 Å². The van der Waals surface area contributed by atoms with Crippen LogP contribution in [-0.4, -0.2) is 12.7 Å². The van der Waals surface area contributed by atoms with E-state index in [1.165, 1.54) is 31.3 Å². The minimum absolute atomic E-state index is 0.564. The first kappa shape index (κ1) is 8.79. The molecule has 0 aliphatic heterocycles. The minimum atomic E-state index is 0.564. The van der Waals surface area contributed by atoms with E-state index >= 15 is 0 Å². The Morgan fingerprint density at radius 1 is 1.45 bits per heavy atom. The number of rotatable bonds is 4. The van der Waals surface area contributed by atoms with E-state index < -0.39 is 0 Å². The summed E-state index contributed by atoms with van der Waals surface area (Å²) in [6, 6.07) is 0. The molecule has 0 unspecified atom stereocenters. The molecule has 1 aliphatic rings. The van der Waals surface area contributed by atoms with Gasteiger partial charge in [-0.1, -0.05) is 18.4 Å². The summed E-state index contributed by atoms with van der Waals surface area (Å²) in [6.07, 6.45) is 6.85. The van der Waals surface area contributed by atoms with Crippen molar-refractivity contribution in [1.82, 2.24) is 0 Å². The van der Waals surface area contributed by atoms with Gasteiger partial charge in [0, 0.05) is 0 Å². The Kier molecular flexibility index (Phi) is 3.64. The Labute approximate surface area is 69.4 Å². The molecular formula is C10H18O. The molecule has 1 heteroatoms. The van der Waals surface area contributed by atoms with Crippen molar-refractivity contribution in [3.05, 3.63) is 12.2 Å². The van der Waals surface area contributed by atoms with Crippen LogP contribution in [-0.2, 0) is 4.74 Å². The topological polar surface area (TPSA) is 9.23 Å². The van der Waals surface area contributed by atoms with Gasteiger partial charge in [0.2, 0.25) is 0 Å². The second-order valence-corrected chi connectivity index (χ2v) is 3.48. The third kappa shape index (κ3) is 3.57. The molecule has 1 fully saturated rings. The largest absolute Gasteiger partial charge is 0.378 e. The van der Waals surface area contributed by atoms with Gasteiger partial charge in [-0.25, -0.2) is 0 Å². The van der Waals surface area contributed by atoms with Gasteiger partial charge < -0.3 is 4.74 Å². The lowest BCUT2D eigenvalue weighted by Gasteiger charge is -2.10. The van der Waals surface area contributed by atoms with Gasteiger partial charge in [0.1, 0.15) is 0 Å². The van der Waals surface area contributed by atoms with Gasteiger partial charge in [0.25, 0.3) is 0 Å². The standard InChI is InChI=1S/C10H18O/c1-9(2)7-8-11-10-5-3-4-6-10/h10H,1,3-8H2,2H3. The zero-order chi connectivity index (χ0) is 8.10. The molecule has 0 radical (unpaired) electrons. The van der Waals surface area contributed by atoms with Crippen molar-refractivity contribution in [3.8, 4) is 0 Å². The van der Waals surface area contributed by atoms with Gasteiger partial charge in [-0.15, -0.1) is 6.58 Å². The molecule has 0 saturated heterocycles. The van der Waals surface area contributed by atoms with Crippen molar-refractivity contribution >= 4 is 0 Å². The molecule has 1 nitrogen and oxygen atoms in total. The van der Waals surface area contributed by atoms with Crippen LogP contribution in [0.2, 0.25) is 0 Å². The highest BCUT2D eigenvalue weighted by Crippen LogP contribution is 2.21. The highest BCUT2D eigenvalue weighted by molar-refractivity contribution is 4.87. The summed E-state index contributed by atoms with van der Waals surface area (Å²) in [4.78, 5) is 0. The number of hydrogen-bond donors (Lipinski definition) is 0. The van der Waals surface area contributed by atoms with Crippen LogP contribution in [0.25, 0.3) is 0 Å². The predicted octanol–water partition coefficient (Wildman–Crippen LogP) is 2.91. The predicted molar refractivity (Wildman–Crippen MR) is 47.6 cm³/mol. The van der Waals surface area contributed by atoms with E-state index in [4.69, 9.17) is 4.74 Å². The molecular weight excluding hydrogens is 136 g/mol. The van der Waals surface area contributed by atoms with Crippen molar-refractivity contribution < 1.29 is 4.74 Å². The second kappa shape index (κ2) is 4.55. The van der Waals surface area contributed by atoms with E-state index in [-0.39, 0.29) is 0 Å². The van der Waals surface area contributed by atoms with Gasteiger partial charge in [-0.05, 0) is 26.2 Å². The average molecular weight is 154 g/mol. The Morgan fingerprint density at radius 3 is 2.64 bits per heavy atom. The van der Waals surface area contributed by atoms with E-state index in [1.54, 1.807) is 0 Å². The van der Waals surface area contributed by atoms with Crippen LogP contribution in [0.5, 0.6) is 0 Å². The maximum atomic E-state index is 5.65. The third-order valence-electron chi connectivity index (χ3n) is 2.18. The molecule has 64 valence electrons. The summed E-state index contributed by atoms with van der Waals surface area (Å²) >= 11 is 0. The molecule has 0 bridgehead atoms. The fourth-order valence-corrected chi connectivity index (χ4v) is 1.45. The van der Waals surface area contributed by atoms with Crippen LogP contribution in [0, 0.1) is 0 Å². The first-order valence-electron chi connectivity index (χ1n) is 4.55. The zero-order valence-corrected chi connectivity index (χ0v) is 7.44. The van der Waals surface area contributed by atoms with Gasteiger partial charge in [0.15, 0.2) is 0 Å².